The summed E-state index contributed by atoms with van der Waals surface area (Å²) in [6.45, 7) is 5.15. The molecule has 0 aliphatic carbocycles. The van der Waals surface area contributed by atoms with Gasteiger partial charge in [-0.1, -0.05) is 30.3 Å². The van der Waals surface area contributed by atoms with Gasteiger partial charge in [0.05, 0.1) is 0 Å². The first kappa shape index (κ1) is 13.7. The Morgan fingerprint density at radius 3 is 2.78 bits per heavy atom. The quantitative estimate of drug-likeness (QED) is 0.894. The van der Waals surface area contributed by atoms with E-state index in [1.807, 2.05) is 6.07 Å². The fraction of sp³-hybridized carbons (Fsp3) is 0.571. The minimum atomic E-state index is -0.700. The normalized spacial score (nSPS) is 27.0. The zero-order valence-corrected chi connectivity index (χ0v) is 12.0. The molecule has 0 saturated carbocycles. The Bertz CT molecular complexity index is 396. The van der Waals surface area contributed by atoms with Gasteiger partial charge in [-0.15, -0.1) is 0 Å². The van der Waals surface area contributed by atoms with Crippen LogP contribution in [0.1, 0.15) is 18.5 Å². The van der Waals surface area contributed by atoms with Crippen LogP contribution >= 0.6 is 0 Å². The van der Waals surface area contributed by atoms with Crippen LogP contribution < -0.4 is 5.32 Å². The zero-order chi connectivity index (χ0) is 13.0. The van der Waals surface area contributed by atoms with Crippen LogP contribution in [0.15, 0.2) is 30.3 Å². The minimum absolute atomic E-state index is 0.396. The van der Waals surface area contributed by atoms with Crippen LogP contribution in [0.3, 0.4) is 0 Å². The molecule has 18 heavy (non-hydrogen) atoms. The van der Waals surface area contributed by atoms with Crippen LogP contribution in [0.25, 0.3) is 0 Å². The number of hydrogen-bond acceptors (Lipinski definition) is 3. The van der Waals surface area contributed by atoms with Gasteiger partial charge in [0.1, 0.15) is 0 Å². The highest BCUT2D eigenvalue weighted by atomic mass is 32.2. The molecule has 1 aliphatic rings. The van der Waals surface area contributed by atoms with Gasteiger partial charge in [-0.05, 0) is 12.5 Å². The lowest BCUT2D eigenvalue weighted by Crippen LogP contribution is -2.52. The molecule has 1 fully saturated rings. The third-order valence-electron chi connectivity index (χ3n) is 3.57. The Kier molecular flexibility index (Phi) is 4.92. The van der Waals surface area contributed by atoms with Crippen molar-refractivity contribution < 1.29 is 4.21 Å². The van der Waals surface area contributed by atoms with Crippen LogP contribution in [0.2, 0.25) is 0 Å². The summed E-state index contributed by atoms with van der Waals surface area (Å²) in [5, 5.41) is 3.59. The van der Waals surface area contributed by atoms with Gasteiger partial charge in [-0.25, -0.2) is 0 Å². The van der Waals surface area contributed by atoms with Gasteiger partial charge < -0.3 is 5.32 Å². The maximum Gasteiger partial charge on any atom is 0.0449 e. The van der Waals surface area contributed by atoms with Gasteiger partial charge in [0, 0.05) is 54.5 Å². The molecule has 4 heteroatoms. The summed E-state index contributed by atoms with van der Waals surface area (Å²) in [5.74, 6) is 0.770. The fourth-order valence-corrected chi connectivity index (χ4v) is 2.88. The van der Waals surface area contributed by atoms with Crippen molar-refractivity contribution in [2.45, 2.75) is 19.0 Å². The van der Waals surface area contributed by atoms with Crippen molar-refractivity contribution in [1.82, 2.24) is 10.2 Å². The lowest BCUT2D eigenvalue weighted by atomic mass is 10.0. The maximum atomic E-state index is 11.2. The molecule has 0 spiro atoms. The predicted molar refractivity (Wildman–Crippen MR) is 77.2 cm³/mol. The number of piperazine rings is 1. The molecule has 0 bridgehead atoms. The highest BCUT2D eigenvalue weighted by Crippen LogP contribution is 2.19. The van der Waals surface area contributed by atoms with E-state index in [0.717, 1.165) is 25.4 Å². The van der Waals surface area contributed by atoms with E-state index in [4.69, 9.17) is 0 Å². The average molecular weight is 266 g/mol. The first-order valence-corrected chi connectivity index (χ1v) is 8.22. The van der Waals surface area contributed by atoms with Crippen LogP contribution in [-0.4, -0.2) is 46.8 Å². The summed E-state index contributed by atoms with van der Waals surface area (Å²) in [4.78, 5) is 2.44. The maximum absolute atomic E-state index is 11.2. The average Bonchev–Trinajstić information content (AvgIpc) is 2.38. The molecule has 3 nitrogen and oxygen atoms in total. The van der Waals surface area contributed by atoms with E-state index in [-0.39, 0.29) is 0 Å². The van der Waals surface area contributed by atoms with Gasteiger partial charge in [0.15, 0.2) is 0 Å². The standard InChI is InChI=1S/C14H22N2OS/c1-12-10-15-14(13-6-4-3-5-7-13)11-16(12)8-9-18(2)17/h3-7,12,14-15H,8-11H2,1-2H3. The molecular formula is C14H22N2OS. The summed E-state index contributed by atoms with van der Waals surface area (Å²) in [6.07, 6.45) is 1.78. The number of hydrogen-bond donors (Lipinski definition) is 1. The molecule has 3 unspecified atom stereocenters. The smallest absolute Gasteiger partial charge is 0.0449 e. The largest absolute Gasteiger partial charge is 0.307 e. The molecule has 2 rings (SSSR count). The minimum Gasteiger partial charge on any atom is -0.307 e. The van der Waals surface area contributed by atoms with Crippen LogP contribution in [-0.2, 0) is 10.8 Å². The lowest BCUT2D eigenvalue weighted by Gasteiger charge is -2.38. The molecular weight excluding hydrogens is 244 g/mol. The van der Waals surface area contributed by atoms with Crippen LogP contribution in [0.5, 0.6) is 0 Å². The number of rotatable bonds is 4. The summed E-state index contributed by atoms with van der Waals surface area (Å²) in [5.41, 5.74) is 1.34. The molecule has 1 aromatic rings. The van der Waals surface area contributed by atoms with Crippen molar-refractivity contribution in [3.05, 3.63) is 35.9 Å². The van der Waals surface area contributed by atoms with E-state index in [9.17, 15) is 4.21 Å². The van der Waals surface area contributed by atoms with E-state index in [1.165, 1.54) is 5.56 Å². The van der Waals surface area contributed by atoms with Crippen molar-refractivity contribution in [2.75, 3.05) is 31.6 Å². The van der Waals surface area contributed by atoms with Crippen molar-refractivity contribution >= 4 is 10.8 Å². The summed E-state index contributed by atoms with van der Waals surface area (Å²) in [6, 6.07) is 11.5. The topological polar surface area (TPSA) is 32.3 Å². The first-order valence-electron chi connectivity index (χ1n) is 6.49. The third kappa shape index (κ3) is 3.64. The number of benzene rings is 1. The van der Waals surface area contributed by atoms with E-state index < -0.39 is 10.8 Å². The van der Waals surface area contributed by atoms with Gasteiger partial charge in [-0.3, -0.25) is 9.11 Å². The summed E-state index contributed by atoms with van der Waals surface area (Å²) < 4.78 is 11.2. The van der Waals surface area contributed by atoms with Gasteiger partial charge in [0.25, 0.3) is 0 Å². The van der Waals surface area contributed by atoms with Crippen molar-refractivity contribution in [3.63, 3.8) is 0 Å². The second-order valence-electron chi connectivity index (χ2n) is 4.99. The molecule has 1 aliphatic heterocycles. The first-order chi connectivity index (χ1) is 8.66. The monoisotopic (exact) mass is 266 g/mol. The summed E-state index contributed by atoms with van der Waals surface area (Å²) >= 11 is 0. The Morgan fingerprint density at radius 1 is 1.39 bits per heavy atom. The number of nitrogens with one attached hydrogen (secondary N) is 1. The zero-order valence-electron chi connectivity index (χ0n) is 11.1. The molecule has 3 atom stereocenters. The molecule has 100 valence electrons. The third-order valence-corrected chi connectivity index (χ3v) is 4.33. The lowest BCUT2D eigenvalue weighted by molar-refractivity contribution is 0.150. The molecule has 1 N–H and O–H groups in total. The predicted octanol–water partition coefficient (Wildman–Crippen LogP) is 1.40. The Hall–Kier alpha value is -0.710. The second-order valence-corrected chi connectivity index (χ2v) is 6.55. The molecule has 1 saturated heterocycles. The fourth-order valence-electron chi connectivity index (χ4n) is 2.39. The molecule has 1 heterocycles. The van der Waals surface area contributed by atoms with Crippen LogP contribution in [0.4, 0.5) is 0 Å². The highest BCUT2D eigenvalue weighted by molar-refractivity contribution is 7.84. The van der Waals surface area contributed by atoms with E-state index in [2.05, 4.69) is 41.4 Å². The molecule has 0 aromatic heterocycles. The second kappa shape index (κ2) is 6.45. The summed E-state index contributed by atoms with van der Waals surface area (Å²) in [7, 11) is -0.700. The van der Waals surface area contributed by atoms with E-state index >= 15 is 0 Å². The number of nitrogens with zero attached hydrogens (tertiary/aromatic N) is 1. The van der Waals surface area contributed by atoms with Crippen molar-refractivity contribution in [3.8, 4) is 0 Å². The molecule has 1 aromatic carbocycles. The van der Waals surface area contributed by atoms with Gasteiger partial charge in [-0.2, -0.15) is 0 Å². The van der Waals surface area contributed by atoms with Crippen molar-refractivity contribution in [2.24, 2.45) is 0 Å². The van der Waals surface area contributed by atoms with Gasteiger partial charge in [0.2, 0.25) is 0 Å². The Balaban J connectivity index is 1.98. The SMILES string of the molecule is CC1CNC(c2ccccc2)CN1CCS(C)=O. The molecule has 0 radical (unpaired) electrons. The van der Waals surface area contributed by atoms with E-state index in [0.29, 0.717) is 12.1 Å². The Morgan fingerprint density at radius 2 is 2.11 bits per heavy atom. The molecule has 0 amide bonds. The van der Waals surface area contributed by atoms with Gasteiger partial charge >= 0.3 is 0 Å². The van der Waals surface area contributed by atoms with Crippen LogP contribution in [0, 0.1) is 0 Å². The van der Waals surface area contributed by atoms with Crippen molar-refractivity contribution in [1.29, 1.82) is 0 Å². The highest BCUT2D eigenvalue weighted by Gasteiger charge is 2.25. The Labute approximate surface area is 112 Å². The van der Waals surface area contributed by atoms with E-state index in [1.54, 1.807) is 6.26 Å².